The summed E-state index contributed by atoms with van der Waals surface area (Å²) in [4.78, 5) is 4.75. The standard InChI is InChI=1S/C5H13NO2/c1-3-6-8-5-7-4-2/h6H,3-5H2,1-2H3. The highest BCUT2D eigenvalue weighted by Crippen LogP contribution is 1.70. The molecule has 0 aliphatic heterocycles. The van der Waals surface area contributed by atoms with Gasteiger partial charge in [-0.3, -0.25) is 4.84 Å². The molecule has 50 valence electrons. The highest BCUT2D eigenvalue weighted by Gasteiger charge is 1.79. The fraction of sp³-hybridized carbons (Fsp3) is 1.00. The second-order valence-electron chi connectivity index (χ2n) is 1.25. The van der Waals surface area contributed by atoms with E-state index in [0.29, 0.717) is 13.4 Å². The Morgan fingerprint density at radius 2 is 2.12 bits per heavy atom. The maximum Gasteiger partial charge on any atom is 0.166 e. The van der Waals surface area contributed by atoms with Gasteiger partial charge in [0.2, 0.25) is 0 Å². The molecule has 0 radical (unpaired) electrons. The molecule has 8 heavy (non-hydrogen) atoms. The fourth-order valence-corrected chi connectivity index (χ4v) is 0.269. The van der Waals surface area contributed by atoms with E-state index in [1.807, 2.05) is 13.8 Å². The molecule has 0 spiro atoms. The van der Waals surface area contributed by atoms with Gasteiger partial charge < -0.3 is 4.74 Å². The van der Waals surface area contributed by atoms with Gasteiger partial charge in [-0.15, -0.1) is 0 Å². The van der Waals surface area contributed by atoms with Gasteiger partial charge in [-0.1, -0.05) is 6.92 Å². The van der Waals surface area contributed by atoms with Crippen molar-refractivity contribution in [3.63, 3.8) is 0 Å². The van der Waals surface area contributed by atoms with E-state index < -0.39 is 0 Å². The van der Waals surface area contributed by atoms with Crippen molar-refractivity contribution in [2.24, 2.45) is 0 Å². The molecule has 3 nitrogen and oxygen atoms in total. The topological polar surface area (TPSA) is 30.5 Å². The third-order valence-corrected chi connectivity index (χ3v) is 0.593. The molecule has 0 unspecified atom stereocenters. The van der Waals surface area contributed by atoms with Crippen LogP contribution in [0.3, 0.4) is 0 Å². The third-order valence-electron chi connectivity index (χ3n) is 0.593. The minimum atomic E-state index is 0.338. The summed E-state index contributed by atoms with van der Waals surface area (Å²) in [5.41, 5.74) is 2.66. The van der Waals surface area contributed by atoms with E-state index in [1.54, 1.807) is 0 Å². The Hall–Kier alpha value is -0.120. The van der Waals surface area contributed by atoms with Gasteiger partial charge in [-0.05, 0) is 6.92 Å². The quantitative estimate of drug-likeness (QED) is 0.325. The Bertz CT molecular complexity index is 35.4. The van der Waals surface area contributed by atoms with E-state index in [0.717, 1.165) is 6.54 Å². The van der Waals surface area contributed by atoms with Crippen molar-refractivity contribution >= 4 is 0 Å². The van der Waals surface area contributed by atoms with Gasteiger partial charge in [0, 0.05) is 13.2 Å². The van der Waals surface area contributed by atoms with E-state index in [4.69, 9.17) is 9.57 Å². The number of hydrogen-bond donors (Lipinski definition) is 1. The van der Waals surface area contributed by atoms with Crippen molar-refractivity contribution in [3.8, 4) is 0 Å². The Morgan fingerprint density at radius 1 is 1.38 bits per heavy atom. The van der Waals surface area contributed by atoms with Crippen LogP contribution in [0.5, 0.6) is 0 Å². The monoisotopic (exact) mass is 119 g/mol. The van der Waals surface area contributed by atoms with Crippen molar-refractivity contribution < 1.29 is 9.57 Å². The fourth-order valence-electron chi connectivity index (χ4n) is 0.269. The first-order valence-corrected chi connectivity index (χ1v) is 2.84. The smallest absolute Gasteiger partial charge is 0.166 e. The van der Waals surface area contributed by atoms with Crippen LogP contribution < -0.4 is 5.48 Å². The normalized spacial score (nSPS) is 9.75. The molecule has 1 N–H and O–H groups in total. The maximum absolute atomic E-state index is 4.85. The summed E-state index contributed by atoms with van der Waals surface area (Å²) in [7, 11) is 0. The molecule has 0 saturated heterocycles. The molecular formula is C5H13NO2. The lowest BCUT2D eigenvalue weighted by molar-refractivity contribution is -0.0941. The van der Waals surface area contributed by atoms with Crippen LogP contribution >= 0.6 is 0 Å². The highest BCUT2D eigenvalue weighted by atomic mass is 16.7. The molecule has 0 bridgehead atoms. The maximum atomic E-state index is 4.85. The molecule has 0 saturated carbocycles. The molecule has 0 aromatic carbocycles. The van der Waals surface area contributed by atoms with E-state index in [1.165, 1.54) is 0 Å². The van der Waals surface area contributed by atoms with Crippen molar-refractivity contribution in [2.45, 2.75) is 13.8 Å². The van der Waals surface area contributed by atoms with Crippen LogP contribution in [0.25, 0.3) is 0 Å². The van der Waals surface area contributed by atoms with Crippen LogP contribution in [0.2, 0.25) is 0 Å². The summed E-state index contributed by atoms with van der Waals surface area (Å²) in [6.45, 7) is 5.74. The van der Waals surface area contributed by atoms with Gasteiger partial charge in [0.15, 0.2) is 6.79 Å². The highest BCUT2D eigenvalue weighted by molar-refractivity contribution is 4.12. The van der Waals surface area contributed by atoms with E-state index in [2.05, 4.69) is 5.48 Å². The number of hydroxylamine groups is 1. The molecule has 0 amide bonds. The van der Waals surface area contributed by atoms with Crippen molar-refractivity contribution in [2.75, 3.05) is 19.9 Å². The van der Waals surface area contributed by atoms with Gasteiger partial charge in [-0.25, -0.2) is 5.48 Å². The van der Waals surface area contributed by atoms with Crippen LogP contribution in [0.1, 0.15) is 13.8 Å². The lowest BCUT2D eigenvalue weighted by atomic mass is 10.8. The summed E-state index contributed by atoms with van der Waals surface area (Å²) < 4.78 is 4.85. The second-order valence-corrected chi connectivity index (χ2v) is 1.25. The molecule has 0 atom stereocenters. The largest absolute Gasteiger partial charge is 0.354 e. The molecule has 0 aromatic rings. The Kier molecular flexibility index (Phi) is 6.78. The molecule has 0 heterocycles. The van der Waals surface area contributed by atoms with Crippen molar-refractivity contribution in [1.82, 2.24) is 5.48 Å². The summed E-state index contributed by atoms with van der Waals surface area (Å²) in [6.07, 6.45) is 0. The van der Waals surface area contributed by atoms with Gasteiger partial charge in [0.25, 0.3) is 0 Å². The molecule has 0 aliphatic rings. The summed E-state index contributed by atoms with van der Waals surface area (Å²) >= 11 is 0. The van der Waals surface area contributed by atoms with E-state index >= 15 is 0 Å². The Labute approximate surface area is 49.9 Å². The van der Waals surface area contributed by atoms with Crippen LogP contribution in [-0.2, 0) is 9.57 Å². The number of nitrogens with one attached hydrogen (secondary N) is 1. The van der Waals surface area contributed by atoms with E-state index in [-0.39, 0.29) is 0 Å². The predicted octanol–water partition coefficient (Wildman–Crippen LogP) is 0.522. The molecule has 3 heteroatoms. The number of ether oxygens (including phenoxy) is 1. The average Bonchev–Trinajstić information content (AvgIpc) is 1.81. The van der Waals surface area contributed by atoms with Crippen LogP contribution in [0.15, 0.2) is 0 Å². The second kappa shape index (κ2) is 6.88. The van der Waals surface area contributed by atoms with E-state index in [9.17, 15) is 0 Å². The third kappa shape index (κ3) is 5.88. The summed E-state index contributed by atoms with van der Waals surface area (Å²) in [5.74, 6) is 0. The Morgan fingerprint density at radius 3 is 2.62 bits per heavy atom. The van der Waals surface area contributed by atoms with Crippen molar-refractivity contribution in [1.29, 1.82) is 0 Å². The zero-order chi connectivity index (χ0) is 6.24. The van der Waals surface area contributed by atoms with Crippen LogP contribution in [0, 0.1) is 0 Å². The summed E-state index contributed by atoms with van der Waals surface area (Å²) in [5, 5.41) is 0. The van der Waals surface area contributed by atoms with Gasteiger partial charge >= 0.3 is 0 Å². The van der Waals surface area contributed by atoms with Crippen molar-refractivity contribution in [3.05, 3.63) is 0 Å². The average molecular weight is 119 g/mol. The minimum Gasteiger partial charge on any atom is -0.354 e. The lowest BCUT2D eigenvalue weighted by Crippen LogP contribution is -2.15. The first kappa shape index (κ1) is 7.88. The molecule has 0 aliphatic carbocycles. The number of hydrogen-bond acceptors (Lipinski definition) is 3. The van der Waals surface area contributed by atoms with Gasteiger partial charge in [0.1, 0.15) is 0 Å². The van der Waals surface area contributed by atoms with Crippen LogP contribution in [-0.4, -0.2) is 19.9 Å². The first-order valence-electron chi connectivity index (χ1n) is 2.84. The molecular weight excluding hydrogens is 106 g/mol. The minimum absolute atomic E-state index is 0.338. The van der Waals surface area contributed by atoms with Gasteiger partial charge in [0.05, 0.1) is 0 Å². The first-order chi connectivity index (χ1) is 3.91. The molecule has 0 aromatic heterocycles. The Balaban J connectivity index is 2.53. The zero-order valence-electron chi connectivity index (χ0n) is 5.44. The summed E-state index contributed by atoms with van der Waals surface area (Å²) in [6, 6.07) is 0. The predicted molar refractivity (Wildman–Crippen MR) is 31.3 cm³/mol. The van der Waals surface area contributed by atoms with Crippen LogP contribution in [0.4, 0.5) is 0 Å². The SMILES string of the molecule is CCNOCOCC. The number of rotatable bonds is 5. The zero-order valence-corrected chi connectivity index (χ0v) is 5.44. The molecule has 0 fully saturated rings. The van der Waals surface area contributed by atoms with Gasteiger partial charge in [-0.2, -0.15) is 0 Å². The lowest BCUT2D eigenvalue weighted by Gasteiger charge is -2.00. The molecule has 0 rings (SSSR count).